The van der Waals surface area contributed by atoms with E-state index in [4.69, 9.17) is 0 Å². The summed E-state index contributed by atoms with van der Waals surface area (Å²) in [4.78, 5) is 4.45. The first-order valence-corrected chi connectivity index (χ1v) is 7.31. The van der Waals surface area contributed by atoms with Gasteiger partial charge in [-0.1, -0.05) is 6.92 Å². The Bertz CT molecular complexity index is 587. The van der Waals surface area contributed by atoms with Crippen LogP contribution < -0.4 is 5.32 Å². The summed E-state index contributed by atoms with van der Waals surface area (Å²) in [6.07, 6.45) is 7.32. The summed E-state index contributed by atoms with van der Waals surface area (Å²) in [5.74, 6) is 0.745. The first-order chi connectivity index (χ1) is 9.78. The Morgan fingerprint density at radius 3 is 3.00 bits per heavy atom. The third-order valence-corrected chi connectivity index (χ3v) is 3.65. The van der Waals surface area contributed by atoms with Gasteiger partial charge in [-0.15, -0.1) is 0 Å². The molecule has 106 valence electrons. The van der Waals surface area contributed by atoms with Crippen molar-refractivity contribution in [2.24, 2.45) is 0 Å². The number of imidazole rings is 1. The van der Waals surface area contributed by atoms with Crippen LogP contribution in [0.25, 0.3) is 11.4 Å². The largest absolute Gasteiger partial charge is 0.331 e. The number of benzene rings is 1. The van der Waals surface area contributed by atoms with E-state index in [2.05, 4.69) is 21.8 Å². The molecule has 20 heavy (non-hydrogen) atoms. The molecule has 4 heteroatoms. The first kappa shape index (κ1) is 13.3. The smallest absolute Gasteiger partial charge is 0.140 e. The third-order valence-electron chi connectivity index (χ3n) is 3.65. The van der Waals surface area contributed by atoms with Crippen LogP contribution in [0.1, 0.15) is 31.7 Å². The Balaban J connectivity index is 1.91. The number of aryl methyl sites for hydroxylation is 1. The molecule has 1 aromatic carbocycles. The van der Waals surface area contributed by atoms with E-state index < -0.39 is 0 Å². The molecule has 3 nitrogen and oxygen atoms in total. The number of hydrogen-bond donors (Lipinski definition) is 1. The van der Waals surface area contributed by atoms with Gasteiger partial charge in [0.05, 0.1) is 0 Å². The molecular weight excluding hydrogens is 253 g/mol. The molecule has 1 saturated carbocycles. The fraction of sp³-hybridized carbons (Fsp3) is 0.438. The summed E-state index contributed by atoms with van der Waals surface area (Å²) in [5, 5.41) is 3.45. The Hall–Kier alpha value is -1.68. The van der Waals surface area contributed by atoms with Crippen LogP contribution in [0, 0.1) is 5.82 Å². The van der Waals surface area contributed by atoms with Crippen LogP contribution in [-0.2, 0) is 13.1 Å². The van der Waals surface area contributed by atoms with Crippen LogP contribution in [0.4, 0.5) is 4.39 Å². The molecule has 3 rings (SSSR count). The van der Waals surface area contributed by atoms with Gasteiger partial charge in [0.15, 0.2) is 0 Å². The van der Waals surface area contributed by atoms with E-state index in [1.165, 1.54) is 18.9 Å². The van der Waals surface area contributed by atoms with Gasteiger partial charge in [-0.2, -0.15) is 0 Å². The lowest BCUT2D eigenvalue weighted by atomic mass is 10.1. The molecule has 1 heterocycles. The Morgan fingerprint density at radius 1 is 1.40 bits per heavy atom. The van der Waals surface area contributed by atoms with Crippen molar-refractivity contribution < 1.29 is 4.39 Å². The van der Waals surface area contributed by atoms with E-state index >= 15 is 0 Å². The van der Waals surface area contributed by atoms with Gasteiger partial charge in [-0.3, -0.25) is 0 Å². The summed E-state index contributed by atoms with van der Waals surface area (Å²) in [6.45, 7) is 3.78. The first-order valence-electron chi connectivity index (χ1n) is 7.31. The average molecular weight is 273 g/mol. The molecule has 0 bridgehead atoms. The van der Waals surface area contributed by atoms with Crippen molar-refractivity contribution in [3.8, 4) is 11.4 Å². The lowest BCUT2D eigenvalue weighted by Crippen LogP contribution is -2.16. The van der Waals surface area contributed by atoms with Crippen molar-refractivity contribution >= 4 is 0 Å². The quantitative estimate of drug-likeness (QED) is 0.874. The molecule has 1 fully saturated rings. The molecule has 1 aliphatic carbocycles. The molecule has 1 aliphatic rings. The van der Waals surface area contributed by atoms with Gasteiger partial charge in [0, 0.05) is 37.1 Å². The van der Waals surface area contributed by atoms with Gasteiger partial charge in [0.2, 0.25) is 0 Å². The number of rotatable bonds is 6. The van der Waals surface area contributed by atoms with E-state index in [0.717, 1.165) is 29.9 Å². The summed E-state index contributed by atoms with van der Waals surface area (Å²) in [6, 6.07) is 5.59. The van der Waals surface area contributed by atoms with Gasteiger partial charge in [0.1, 0.15) is 11.6 Å². The Labute approximate surface area is 118 Å². The molecule has 0 aliphatic heterocycles. The highest BCUT2D eigenvalue weighted by atomic mass is 19.1. The second kappa shape index (κ2) is 5.75. The van der Waals surface area contributed by atoms with Crippen molar-refractivity contribution in [2.75, 3.05) is 0 Å². The standard InChI is InChI=1S/C16H20FN3/c1-2-8-20-9-7-18-16(20)15-6-3-13(17)10-12(15)11-19-14-4-5-14/h3,6-7,9-10,14,19H,2,4-5,8,11H2,1H3. The fourth-order valence-corrected chi connectivity index (χ4v) is 2.44. The van der Waals surface area contributed by atoms with Crippen molar-refractivity contribution in [1.29, 1.82) is 0 Å². The van der Waals surface area contributed by atoms with E-state index in [-0.39, 0.29) is 5.82 Å². The second-order valence-corrected chi connectivity index (χ2v) is 5.40. The molecular formula is C16H20FN3. The van der Waals surface area contributed by atoms with Gasteiger partial charge < -0.3 is 9.88 Å². The summed E-state index contributed by atoms with van der Waals surface area (Å²) < 4.78 is 15.7. The van der Waals surface area contributed by atoms with Gasteiger partial charge in [0.25, 0.3) is 0 Å². The second-order valence-electron chi connectivity index (χ2n) is 5.40. The zero-order chi connectivity index (χ0) is 13.9. The normalized spacial score (nSPS) is 14.7. The number of hydrogen-bond acceptors (Lipinski definition) is 2. The Morgan fingerprint density at radius 2 is 2.25 bits per heavy atom. The minimum atomic E-state index is -0.185. The number of halogens is 1. The minimum absolute atomic E-state index is 0.185. The van der Waals surface area contributed by atoms with Crippen LogP contribution in [0.3, 0.4) is 0 Å². The van der Waals surface area contributed by atoms with E-state index in [1.807, 2.05) is 18.5 Å². The molecule has 2 aromatic rings. The lowest BCUT2D eigenvalue weighted by Gasteiger charge is -2.12. The topological polar surface area (TPSA) is 29.9 Å². The van der Waals surface area contributed by atoms with E-state index in [9.17, 15) is 4.39 Å². The van der Waals surface area contributed by atoms with Crippen molar-refractivity contribution in [1.82, 2.24) is 14.9 Å². The van der Waals surface area contributed by atoms with Crippen LogP contribution in [0.2, 0.25) is 0 Å². The van der Waals surface area contributed by atoms with Gasteiger partial charge in [-0.05, 0) is 43.0 Å². The highest BCUT2D eigenvalue weighted by Crippen LogP contribution is 2.25. The molecule has 1 aromatic heterocycles. The average Bonchev–Trinajstić information content (AvgIpc) is 3.16. The van der Waals surface area contributed by atoms with Crippen LogP contribution in [-0.4, -0.2) is 15.6 Å². The molecule has 0 atom stereocenters. The molecule has 0 unspecified atom stereocenters. The maximum Gasteiger partial charge on any atom is 0.140 e. The van der Waals surface area contributed by atoms with Crippen molar-refractivity contribution in [3.63, 3.8) is 0 Å². The van der Waals surface area contributed by atoms with Crippen LogP contribution >= 0.6 is 0 Å². The third kappa shape index (κ3) is 2.90. The maximum absolute atomic E-state index is 13.5. The predicted molar refractivity (Wildman–Crippen MR) is 77.8 cm³/mol. The van der Waals surface area contributed by atoms with E-state index in [0.29, 0.717) is 12.6 Å². The zero-order valence-corrected chi connectivity index (χ0v) is 11.8. The van der Waals surface area contributed by atoms with Crippen LogP contribution in [0.15, 0.2) is 30.6 Å². The molecule has 0 amide bonds. The van der Waals surface area contributed by atoms with Gasteiger partial charge >= 0.3 is 0 Å². The fourth-order valence-electron chi connectivity index (χ4n) is 2.44. The molecule has 0 saturated heterocycles. The summed E-state index contributed by atoms with van der Waals surface area (Å²) >= 11 is 0. The highest BCUT2D eigenvalue weighted by molar-refractivity contribution is 5.61. The van der Waals surface area contributed by atoms with Gasteiger partial charge in [-0.25, -0.2) is 9.37 Å². The summed E-state index contributed by atoms with van der Waals surface area (Å²) in [7, 11) is 0. The monoisotopic (exact) mass is 273 g/mol. The lowest BCUT2D eigenvalue weighted by molar-refractivity contribution is 0.619. The highest BCUT2D eigenvalue weighted by Gasteiger charge is 2.21. The molecule has 0 spiro atoms. The van der Waals surface area contributed by atoms with Crippen molar-refractivity contribution in [2.45, 2.75) is 45.3 Å². The maximum atomic E-state index is 13.5. The summed E-state index contributed by atoms with van der Waals surface area (Å²) in [5.41, 5.74) is 2.01. The van der Waals surface area contributed by atoms with Crippen LogP contribution in [0.5, 0.6) is 0 Å². The zero-order valence-electron chi connectivity index (χ0n) is 11.8. The Kier molecular flexibility index (Phi) is 3.83. The number of aromatic nitrogens is 2. The minimum Gasteiger partial charge on any atom is -0.331 e. The predicted octanol–water partition coefficient (Wildman–Crippen LogP) is 3.35. The van der Waals surface area contributed by atoms with Crippen molar-refractivity contribution in [3.05, 3.63) is 42.0 Å². The number of nitrogens with zero attached hydrogens (tertiary/aromatic N) is 2. The van der Waals surface area contributed by atoms with E-state index in [1.54, 1.807) is 6.07 Å². The molecule has 0 radical (unpaired) electrons. The number of nitrogens with one attached hydrogen (secondary N) is 1. The SMILES string of the molecule is CCCn1ccnc1-c1ccc(F)cc1CNC1CC1. The molecule has 1 N–H and O–H groups in total.